The number of nitrogens with one attached hydrogen (secondary N) is 11. The van der Waals surface area contributed by atoms with Crippen molar-refractivity contribution in [2.45, 2.75) is 170 Å². The van der Waals surface area contributed by atoms with Gasteiger partial charge in [-0.25, -0.2) is 4.98 Å². The second-order valence-electron chi connectivity index (χ2n) is 20.9. The number of unbranched alkanes of at least 4 members (excludes halogenated alkanes) is 3. The van der Waals surface area contributed by atoms with Crippen molar-refractivity contribution in [2.24, 2.45) is 45.9 Å². The Morgan fingerprint density at radius 1 is 0.674 bits per heavy atom. The molecule has 0 aliphatic carbocycles. The number of Topliss-reactive ketones (excluding diaryl/α,β-unsaturated/α-hetero) is 1. The van der Waals surface area contributed by atoms with Crippen LogP contribution in [0.1, 0.15) is 109 Å². The molecule has 0 radical (unpaired) electrons. The van der Waals surface area contributed by atoms with E-state index in [2.05, 4.69) is 57.8 Å². The highest BCUT2D eigenvalue weighted by Crippen LogP contribution is 2.21. The maximum Gasteiger partial charge on any atom is 0.247 e. The fourth-order valence-electron chi connectivity index (χ4n) is 9.06. The number of imidazole rings is 1. The zero-order chi connectivity index (χ0) is 64.1. The average molecular weight is 1220 g/mol. The minimum absolute atomic E-state index is 0.00520. The van der Waals surface area contributed by atoms with Gasteiger partial charge in [0.1, 0.15) is 36.3 Å². The Morgan fingerprint density at radius 2 is 1.28 bits per heavy atom. The van der Waals surface area contributed by atoms with Crippen LogP contribution in [0, 0.1) is 5.41 Å². The lowest BCUT2D eigenvalue weighted by atomic mass is 9.97. The molecular formula is C53H97N21O12. The number of amides is 9. The van der Waals surface area contributed by atoms with Crippen LogP contribution in [0.2, 0.25) is 0 Å². The van der Waals surface area contributed by atoms with Gasteiger partial charge in [-0.1, -0.05) is 6.08 Å². The third kappa shape index (κ3) is 27.4. The molecule has 9 amide bonds. The molecule has 0 aromatic carbocycles. The van der Waals surface area contributed by atoms with Crippen LogP contribution in [0.3, 0.4) is 0 Å². The van der Waals surface area contributed by atoms with E-state index >= 15 is 0 Å². The van der Waals surface area contributed by atoms with Gasteiger partial charge in [-0.05, 0) is 123 Å². The molecule has 1 aromatic rings. The van der Waals surface area contributed by atoms with Crippen molar-refractivity contribution in [1.29, 1.82) is 5.41 Å². The van der Waals surface area contributed by atoms with Crippen LogP contribution in [0.25, 0.3) is 0 Å². The summed E-state index contributed by atoms with van der Waals surface area (Å²) in [7, 11) is 0. The first-order chi connectivity index (χ1) is 41.1. The molecule has 1 aliphatic rings. The van der Waals surface area contributed by atoms with Gasteiger partial charge in [0.15, 0.2) is 11.7 Å². The molecule has 1 aliphatic heterocycles. The number of nitrogens with two attached hydrogens (primary N) is 8. The standard InChI is InChI=1S/C53H97N21O12/c1-31(60)45(79)72-44(41(77)27-59)51(85)73-43(40(76)26-58)50(84)66-29-42(78)68-36(14-8-21-57)52(86)74-24-10-15-38(74)49(83)71-37(25-33-28-63-30-67-33)48(82)69-34(12-2-4-18-54)39(75)17-16-32(11-9-23-65-53(61)62)46(80)70-35(13-3-5-19-55)47(81)64-22-7-6-20-56/h11,28,30-31,34-38,40-41,43-44,76-77H,2-10,12-27,29,54-60H2,1H3,(H,63,67)(H,64,81)(H,66,84)(H,68,78)(H,69,82)(H,70,80)(H,71,83)(H,72,79)(H,73,85)(H4,61,62,65)/b32-11+/t31-,34-,35-,36+,37-,38-,40-,41-,43-,44-/m0/s1. The molecular weight excluding hydrogens is 1120 g/mol. The Kier molecular flexibility index (Phi) is 36.3. The Hall–Kier alpha value is -7.24. The van der Waals surface area contributed by atoms with Crippen LogP contribution in [-0.4, -0.2) is 216 Å². The molecule has 29 N–H and O–H groups in total. The summed E-state index contributed by atoms with van der Waals surface area (Å²) in [5.74, 6) is -7.88. The van der Waals surface area contributed by atoms with E-state index in [1.54, 1.807) is 6.08 Å². The predicted molar refractivity (Wildman–Crippen MR) is 318 cm³/mol. The SMILES string of the molecule is C[C@H](N)C(=O)N[C@H](C(=O)N[C@H](C(=O)NCC(=O)N[C@H](CCCN)C(=O)N1CCC[C@H]1C(=O)N[C@@H](Cc1cnc[nH]1)C(=O)N[C@@H](CCCCN)C(=O)CC/C(=C\CCNC(=N)N)C(=O)N[C@@H](CCCCN)C(=O)NCCCCN)[C@@H](O)CN)[C@@H](O)CN. The summed E-state index contributed by atoms with van der Waals surface area (Å²) in [4.78, 5) is 145. The monoisotopic (exact) mass is 1220 g/mol. The van der Waals surface area contributed by atoms with E-state index < -0.39 is 139 Å². The topological polar surface area (TPSA) is 583 Å². The molecule has 1 aromatic heterocycles. The Labute approximate surface area is 501 Å². The van der Waals surface area contributed by atoms with Gasteiger partial charge in [0, 0.05) is 63.0 Å². The first-order valence-electron chi connectivity index (χ1n) is 29.3. The lowest BCUT2D eigenvalue weighted by Crippen LogP contribution is -2.63. The quantitative estimate of drug-likeness (QED) is 0.0125. The van der Waals surface area contributed by atoms with Crippen LogP contribution in [0.5, 0.6) is 0 Å². The summed E-state index contributed by atoms with van der Waals surface area (Å²) >= 11 is 0. The van der Waals surface area contributed by atoms with E-state index in [4.69, 9.17) is 51.3 Å². The molecule has 0 saturated carbocycles. The number of nitrogens with zero attached hydrogens (tertiary/aromatic N) is 2. The third-order valence-corrected chi connectivity index (χ3v) is 14.0. The Bertz CT molecular complexity index is 2350. The van der Waals surface area contributed by atoms with Crippen molar-refractivity contribution in [2.75, 3.05) is 65.4 Å². The smallest absolute Gasteiger partial charge is 0.247 e. The number of carbonyl (C=O) groups excluding carboxylic acids is 10. The number of guanidine groups is 1. The van der Waals surface area contributed by atoms with Crippen LogP contribution in [0.4, 0.5) is 0 Å². The number of likely N-dealkylation sites (tertiary alicyclic amines) is 1. The molecule has 0 bridgehead atoms. The van der Waals surface area contributed by atoms with Crippen molar-refractivity contribution >= 4 is 64.9 Å². The highest BCUT2D eigenvalue weighted by Gasteiger charge is 2.40. The molecule has 10 atom stereocenters. The number of aromatic amines is 1. The number of hydrogen-bond donors (Lipinski definition) is 21. The van der Waals surface area contributed by atoms with E-state index in [0.717, 1.165) is 0 Å². The van der Waals surface area contributed by atoms with Crippen molar-refractivity contribution in [3.8, 4) is 0 Å². The first-order valence-corrected chi connectivity index (χ1v) is 29.3. The summed E-state index contributed by atoms with van der Waals surface area (Å²) in [6.45, 7) is 1.30. The van der Waals surface area contributed by atoms with E-state index in [9.17, 15) is 58.2 Å². The van der Waals surface area contributed by atoms with Gasteiger partial charge < -0.3 is 114 Å². The number of rotatable bonds is 44. The number of hydrogen-bond acceptors (Lipinski definition) is 21. The highest BCUT2D eigenvalue weighted by atomic mass is 16.3. The minimum Gasteiger partial charge on any atom is -0.389 e. The van der Waals surface area contributed by atoms with Gasteiger partial charge in [-0.3, -0.25) is 53.4 Å². The molecule has 1 saturated heterocycles. The fourth-order valence-corrected chi connectivity index (χ4v) is 9.06. The van der Waals surface area contributed by atoms with Gasteiger partial charge >= 0.3 is 0 Å². The van der Waals surface area contributed by atoms with Gasteiger partial charge in [-0.2, -0.15) is 0 Å². The van der Waals surface area contributed by atoms with Crippen molar-refractivity contribution < 1.29 is 58.2 Å². The number of H-pyrrole nitrogens is 1. The number of aliphatic hydroxyl groups excluding tert-OH is 2. The molecule has 0 unspecified atom stereocenters. The molecule has 0 spiro atoms. The average Bonchev–Trinajstić information content (AvgIpc) is 4.31. The number of aromatic nitrogens is 2. The van der Waals surface area contributed by atoms with E-state index in [-0.39, 0.29) is 89.1 Å². The Balaban J connectivity index is 2.35. The van der Waals surface area contributed by atoms with Crippen molar-refractivity contribution in [3.05, 3.63) is 29.9 Å². The summed E-state index contributed by atoms with van der Waals surface area (Å²) in [5, 5.41) is 51.7. The first kappa shape index (κ1) is 74.9. The van der Waals surface area contributed by atoms with Gasteiger partial charge in [0.25, 0.3) is 0 Å². The second-order valence-corrected chi connectivity index (χ2v) is 20.9. The summed E-state index contributed by atoms with van der Waals surface area (Å²) in [5.41, 5.74) is 45.7. The number of carbonyl (C=O) groups is 10. The molecule has 33 heteroatoms. The lowest BCUT2D eigenvalue weighted by molar-refractivity contribution is -0.142. The van der Waals surface area contributed by atoms with Gasteiger partial charge in [-0.15, -0.1) is 0 Å². The lowest BCUT2D eigenvalue weighted by Gasteiger charge is -2.30. The summed E-state index contributed by atoms with van der Waals surface area (Å²) in [6.07, 6.45) is 5.33. The third-order valence-electron chi connectivity index (χ3n) is 14.0. The zero-order valence-electron chi connectivity index (χ0n) is 49.4. The molecule has 2 heterocycles. The summed E-state index contributed by atoms with van der Waals surface area (Å²) in [6, 6.07) is -10.4. The predicted octanol–water partition coefficient (Wildman–Crippen LogP) is -8.04. The van der Waals surface area contributed by atoms with Crippen molar-refractivity contribution in [3.63, 3.8) is 0 Å². The van der Waals surface area contributed by atoms with Crippen LogP contribution >= 0.6 is 0 Å². The molecule has 33 nitrogen and oxygen atoms in total. The maximum absolute atomic E-state index is 14.5. The van der Waals surface area contributed by atoms with Crippen LogP contribution in [0.15, 0.2) is 24.2 Å². The number of ketones is 1. The fraction of sp³-hybridized carbons (Fsp3) is 0.698. The second kappa shape index (κ2) is 41.7. The van der Waals surface area contributed by atoms with Gasteiger partial charge in [0.05, 0.1) is 37.2 Å². The molecule has 86 heavy (non-hydrogen) atoms. The van der Waals surface area contributed by atoms with E-state index in [1.807, 2.05) is 0 Å². The molecule has 2 rings (SSSR count). The van der Waals surface area contributed by atoms with Crippen LogP contribution in [-0.2, 0) is 54.4 Å². The molecule has 1 fully saturated rings. The number of aliphatic hydroxyl groups is 2. The largest absolute Gasteiger partial charge is 0.389 e. The van der Waals surface area contributed by atoms with Gasteiger partial charge in [0.2, 0.25) is 53.2 Å². The van der Waals surface area contributed by atoms with Crippen LogP contribution < -0.4 is 93.7 Å². The molecule has 486 valence electrons. The maximum atomic E-state index is 14.5. The highest BCUT2D eigenvalue weighted by molar-refractivity contribution is 5.99. The zero-order valence-corrected chi connectivity index (χ0v) is 49.4. The Morgan fingerprint density at radius 3 is 1.87 bits per heavy atom. The summed E-state index contributed by atoms with van der Waals surface area (Å²) < 4.78 is 0. The minimum atomic E-state index is -1.82. The normalized spacial score (nSPS) is 16.3. The van der Waals surface area contributed by atoms with E-state index in [0.29, 0.717) is 76.7 Å². The van der Waals surface area contributed by atoms with Crippen molar-refractivity contribution in [1.82, 2.24) is 62.7 Å². The van der Waals surface area contributed by atoms with E-state index in [1.165, 1.54) is 24.3 Å².